The van der Waals surface area contributed by atoms with Gasteiger partial charge in [-0.05, 0) is 77.1 Å². The monoisotopic (exact) mass is 636 g/mol. The largest absolute Gasteiger partial charge is 0.494 e. The molecule has 252 valence electrons. The maximum atomic E-state index is 12.5. The summed E-state index contributed by atoms with van der Waals surface area (Å²) in [6.07, 6.45) is 16.3. The smallest absolute Gasteiger partial charge is 0.313 e. The number of fused-ring (bicyclic) bond motifs is 1. The topological polar surface area (TPSA) is 44.8 Å². The molecule has 0 aliphatic rings. The Bertz CT molecular complexity index is 1460. The van der Waals surface area contributed by atoms with Crippen LogP contribution in [0.15, 0.2) is 84.9 Å². The van der Waals surface area contributed by atoms with Gasteiger partial charge in [0.1, 0.15) is 18.1 Å². The van der Waals surface area contributed by atoms with Gasteiger partial charge in [-0.25, -0.2) is 0 Å². The fourth-order valence-corrected chi connectivity index (χ4v) is 5.87. The molecule has 4 rings (SSSR count). The molecule has 4 aromatic carbocycles. The summed E-state index contributed by atoms with van der Waals surface area (Å²) < 4.78 is 17.7. The van der Waals surface area contributed by atoms with E-state index in [0.717, 1.165) is 59.3 Å². The highest BCUT2D eigenvalue weighted by Gasteiger charge is 2.17. The van der Waals surface area contributed by atoms with Crippen LogP contribution in [0.25, 0.3) is 21.9 Å². The number of hydrogen-bond acceptors (Lipinski definition) is 4. The highest BCUT2D eigenvalue weighted by atomic mass is 16.5. The van der Waals surface area contributed by atoms with Gasteiger partial charge >= 0.3 is 5.97 Å². The van der Waals surface area contributed by atoms with Gasteiger partial charge in [0.2, 0.25) is 0 Å². The van der Waals surface area contributed by atoms with E-state index in [0.29, 0.717) is 13.2 Å². The molecule has 0 bridgehead atoms. The second kappa shape index (κ2) is 20.4. The Hall–Kier alpha value is -3.79. The van der Waals surface area contributed by atoms with Crippen molar-refractivity contribution >= 4 is 16.7 Å². The fraction of sp³-hybridized carbons (Fsp3) is 0.465. The van der Waals surface area contributed by atoms with Gasteiger partial charge < -0.3 is 14.2 Å². The average molecular weight is 637 g/mol. The van der Waals surface area contributed by atoms with Crippen molar-refractivity contribution in [1.82, 2.24) is 0 Å². The molecule has 0 N–H and O–H groups in total. The summed E-state index contributed by atoms with van der Waals surface area (Å²) in [5.41, 5.74) is 4.44. The quantitative estimate of drug-likeness (QED) is 0.0636. The zero-order valence-electron chi connectivity index (χ0n) is 29.1. The minimum Gasteiger partial charge on any atom is -0.494 e. The van der Waals surface area contributed by atoms with Crippen LogP contribution in [0.2, 0.25) is 0 Å². The molecule has 0 unspecified atom stereocenters. The van der Waals surface area contributed by atoms with E-state index < -0.39 is 0 Å². The third kappa shape index (κ3) is 12.4. The lowest BCUT2D eigenvalue weighted by Gasteiger charge is -2.13. The second-order valence-electron chi connectivity index (χ2n) is 12.9. The van der Waals surface area contributed by atoms with Gasteiger partial charge in [0, 0.05) is 0 Å². The van der Waals surface area contributed by atoms with Gasteiger partial charge in [0.05, 0.1) is 19.1 Å². The molecule has 0 saturated carbocycles. The van der Waals surface area contributed by atoms with Crippen molar-refractivity contribution in [3.8, 4) is 22.6 Å². The lowest BCUT2D eigenvalue weighted by atomic mass is 9.98. The third-order valence-electron chi connectivity index (χ3n) is 9.00. The summed E-state index contributed by atoms with van der Waals surface area (Å²) in [6.45, 7) is 8.15. The van der Waals surface area contributed by atoms with Crippen LogP contribution in [-0.2, 0) is 16.1 Å². The Morgan fingerprint density at radius 1 is 0.553 bits per heavy atom. The van der Waals surface area contributed by atoms with Crippen LogP contribution in [0.3, 0.4) is 0 Å². The molecule has 4 aromatic rings. The van der Waals surface area contributed by atoms with Crippen molar-refractivity contribution in [3.05, 3.63) is 96.1 Å². The van der Waals surface area contributed by atoms with Crippen molar-refractivity contribution in [3.63, 3.8) is 0 Å². The molecule has 0 amide bonds. The number of esters is 1. The molecular formula is C43H56O4. The molecule has 0 radical (unpaired) electrons. The maximum Gasteiger partial charge on any atom is 0.313 e. The van der Waals surface area contributed by atoms with Gasteiger partial charge in [0.15, 0.2) is 0 Å². The van der Waals surface area contributed by atoms with Crippen molar-refractivity contribution in [2.24, 2.45) is 0 Å². The van der Waals surface area contributed by atoms with Crippen molar-refractivity contribution in [2.75, 3.05) is 13.2 Å². The Balaban J connectivity index is 1.19. The van der Waals surface area contributed by atoms with E-state index in [1.165, 1.54) is 75.3 Å². The van der Waals surface area contributed by atoms with E-state index in [4.69, 9.17) is 14.2 Å². The molecular weight excluding hydrogens is 580 g/mol. The summed E-state index contributed by atoms with van der Waals surface area (Å²) in [7, 11) is 0. The maximum absolute atomic E-state index is 12.5. The summed E-state index contributed by atoms with van der Waals surface area (Å²) in [4.78, 5) is 12.5. The summed E-state index contributed by atoms with van der Waals surface area (Å²) >= 11 is 0. The normalized spacial score (nSPS) is 11.8. The summed E-state index contributed by atoms with van der Waals surface area (Å²) in [6, 6.07) is 29.2. The predicted molar refractivity (Wildman–Crippen MR) is 196 cm³/mol. The molecule has 1 atom stereocenters. The van der Waals surface area contributed by atoms with Crippen LogP contribution in [0.5, 0.6) is 11.5 Å². The molecule has 0 heterocycles. The molecule has 0 aliphatic heterocycles. The molecule has 47 heavy (non-hydrogen) atoms. The van der Waals surface area contributed by atoms with Gasteiger partial charge in [-0.2, -0.15) is 0 Å². The number of benzene rings is 4. The molecule has 4 heteroatoms. The Kier molecular flexibility index (Phi) is 15.7. The first kappa shape index (κ1) is 36.1. The highest BCUT2D eigenvalue weighted by molar-refractivity contribution is 5.86. The van der Waals surface area contributed by atoms with Gasteiger partial charge in [-0.3, -0.25) is 4.79 Å². The standard InChI is InChI=1S/C43H56O4/c1-4-6-8-10-11-12-13-14-16-29-45-41-26-23-37(24-27-41)36-19-17-35(18-20-36)33-47-42-28-25-39-31-38(21-22-40(39)32-42)34(3)43(44)46-30-15-9-7-5-2/h17-28,31-32,34H,4-16,29-30,33H2,1-3H3/t34-/m0/s1. The van der Waals surface area contributed by atoms with Crippen LogP contribution in [0, 0.1) is 0 Å². The molecule has 0 aromatic heterocycles. The van der Waals surface area contributed by atoms with E-state index in [9.17, 15) is 4.79 Å². The second-order valence-corrected chi connectivity index (χ2v) is 12.9. The van der Waals surface area contributed by atoms with Crippen LogP contribution in [0.4, 0.5) is 0 Å². The van der Waals surface area contributed by atoms with Crippen LogP contribution in [0.1, 0.15) is 121 Å². The number of carbonyl (C=O) groups is 1. The van der Waals surface area contributed by atoms with Gasteiger partial charge in [-0.1, -0.05) is 145 Å². The zero-order chi connectivity index (χ0) is 33.1. The van der Waals surface area contributed by atoms with Crippen LogP contribution >= 0.6 is 0 Å². The SMILES string of the molecule is CCCCCCCCCCCOc1ccc(-c2ccc(COc3ccc4cc([C@H](C)C(=O)OCCCCCC)ccc4c3)cc2)cc1. The van der Waals surface area contributed by atoms with E-state index in [1.54, 1.807) is 0 Å². The first-order valence-electron chi connectivity index (χ1n) is 18.2. The van der Waals surface area contributed by atoms with E-state index in [-0.39, 0.29) is 11.9 Å². The number of carbonyl (C=O) groups excluding carboxylic acids is 1. The average Bonchev–Trinajstić information content (AvgIpc) is 3.11. The number of unbranched alkanes of at least 4 members (excludes halogenated alkanes) is 11. The minimum atomic E-state index is -0.287. The lowest BCUT2D eigenvalue weighted by Crippen LogP contribution is -2.14. The molecule has 0 aliphatic carbocycles. The highest BCUT2D eigenvalue weighted by Crippen LogP contribution is 2.27. The fourth-order valence-electron chi connectivity index (χ4n) is 5.87. The Morgan fingerprint density at radius 2 is 1.09 bits per heavy atom. The zero-order valence-corrected chi connectivity index (χ0v) is 29.1. The van der Waals surface area contributed by atoms with Gasteiger partial charge in [-0.15, -0.1) is 0 Å². The lowest BCUT2D eigenvalue weighted by molar-refractivity contribution is -0.145. The number of hydrogen-bond donors (Lipinski definition) is 0. The Morgan fingerprint density at radius 3 is 1.77 bits per heavy atom. The molecule has 4 nitrogen and oxygen atoms in total. The molecule has 0 saturated heterocycles. The van der Waals surface area contributed by atoms with Crippen molar-refractivity contribution < 1.29 is 19.0 Å². The van der Waals surface area contributed by atoms with Crippen molar-refractivity contribution in [2.45, 2.75) is 117 Å². The Labute approximate surface area is 283 Å². The number of rotatable bonds is 22. The van der Waals surface area contributed by atoms with Gasteiger partial charge in [0.25, 0.3) is 0 Å². The van der Waals surface area contributed by atoms with E-state index in [2.05, 4.69) is 86.6 Å². The summed E-state index contributed by atoms with van der Waals surface area (Å²) in [5, 5.41) is 2.17. The summed E-state index contributed by atoms with van der Waals surface area (Å²) in [5.74, 6) is 1.32. The van der Waals surface area contributed by atoms with E-state index in [1.807, 2.05) is 19.1 Å². The number of ether oxygens (including phenoxy) is 3. The first-order valence-corrected chi connectivity index (χ1v) is 18.2. The molecule has 0 fully saturated rings. The van der Waals surface area contributed by atoms with Crippen LogP contribution < -0.4 is 9.47 Å². The van der Waals surface area contributed by atoms with Crippen molar-refractivity contribution in [1.29, 1.82) is 0 Å². The third-order valence-corrected chi connectivity index (χ3v) is 9.00. The predicted octanol–water partition coefficient (Wildman–Crippen LogP) is 12.2. The minimum absolute atomic E-state index is 0.155. The van der Waals surface area contributed by atoms with Crippen LogP contribution in [-0.4, -0.2) is 19.2 Å². The first-order chi connectivity index (χ1) is 23.1. The van der Waals surface area contributed by atoms with E-state index >= 15 is 0 Å². The molecule has 0 spiro atoms.